The van der Waals surface area contributed by atoms with Gasteiger partial charge in [-0.2, -0.15) is 0 Å². The number of ether oxygens (including phenoxy) is 2. The minimum atomic E-state index is -0.278. The third kappa shape index (κ3) is 11.1. The number of ketones is 1. The second-order valence-electron chi connectivity index (χ2n) is 2.84. The van der Waals surface area contributed by atoms with Gasteiger partial charge in [-0.25, -0.2) is 0 Å². The van der Waals surface area contributed by atoms with Crippen LogP contribution in [0.5, 0.6) is 0 Å². The maximum Gasteiger partial charge on any atom is 0.302 e. The number of carbonyl (C=O) groups excluding carboxylic acids is 2. The monoisotopic (exact) mass is 203 g/mol. The van der Waals surface area contributed by atoms with Crippen LogP contribution in [-0.2, 0) is 19.1 Å². The fraction of sp³-hybridized carbons (Fsp3) is 0.778. The van der Waals surface area contributed by atoms with Crippen molar-refractivity contribution in [1.29, 1.82) is 0 Å². The molecule has 5 nitrogen and oxygen atoms in total. The van der Waals surface area contributed by atoms with Crippen LogP contribution in [0.25, 0.3) is 0 Å². The Kier molecular flexibility index (Phi) is 8.07. The van der Waals surface area contributed by atoms with Gasteiger partial charge in [0.1, 0.15) is 13.2 Å². The van der Waals surface area contributed by atoms with E-state index in [1.165, 1.54) is 13.8 Å². The van der Waals surface area contributed by atoms with E-state index in [9.17, 15) is 9.59 Å². The molecule has 0 amide bonds. The molecule has 0 heterocycles. The van der Waals surface area contributed by atoms with Crippen molar-refractivity contribution in [3.63, 3.8) is 0 Å². The molecule has 0 fully saturated rings. The standard InChI is InChI=1S/C9H17NO4/c1-8(11)7-13-5-3-10-4-6-14-9(2)12/h10H,3-7H2,1-2H3. The normalized spacial score (nSPS) is 9.86. The van der Waals surface area contributed by atoms with Gasteiger partial charge < -0.3 is 14.8 Å². The van der Waals surface area contributed by atoms with Crippen molar-refractivity contribution in [2.45, 2.75) is 13.8 Å². The van der Waals surface area contributed by atoms with Gasteiger partial charge >= 0.3 is 5.97 Å². The maximum atomic E-state index is 10.5. The minimum Gasteiger partial charge on any atom is -0.465 e. The Morgan fingerprint density at radius 2 is 1.79 bits per heavy atom. The van der Waals surface area contributed by atoms with Crippen molar-refractivity contribution >= 4 is 11.8 Å². The zero-order valence-corrected chi connectivity index (χ0v) is 8.67. The number of Topliss-reactive ketones (excluding diaryl/α,β-unsaturated/α-hetero) is 1. The van der Waals surface area contributed by atoms with E-state index >= 15 is 0 Å². The summed E-state index contributed by atoms with van der Waals surface area (Å²) >= 11 is 0. The number of hydrogen-bond donors (Lipinski definition) is 1. The molecule has 5 heteroatoms. The van der Waals surface area contributed by atoms with Crippen molar-refractivity contribution < 1.29 is 19.1 Å². The molecule has 0 atom stereocenters. The smallest absolute Gasteiger partial charge is 0.302 e. The molecule has 0 aliphatic heterocycles. The molecule has 0 bridgehead atoms. The average molecular weight is 203 g/mol. The molecule has 0 aromatic carbocycles. The summed E-state index contributed by atoms with van der Waals surface area (Å²) in [5.74, 6) is -0.260. The van der Waals surface area contributed by atoms with E-state index in [1.807, 2.05) is 0 Å². The summed E-state index contributed by atoms with van der Waals surface area (Å²) < 4.78 is 9.69. The predicted molar refractivity (Wildman–Crippen MR) is 51.0 cm³/mol. The molecule has 82 valence electrons. The Bertz CT molecular complexity index is 162. The summed E-state index contributed by atoms with van der Waals surface area (Å²) in [6.07, 6.45) is 0. The van der Waals surface area contributed by atoms with Crippen LogP contribution in [0.1, 0.15) is 13.8 Å². The zero-order valence-electron chi connectivity index (χ0n) is 8.67. The van der Waals surface area contributed by atoms with E-state index in [0.29, 0.717) is 26.3 Å². The van der Waals surface area contributed by atoms with Gasteiger partial charge in [0, 0.05) is 20.0 Å². The van der Waals surface area contributed by atoms with Gasteiger partial charge in [-0.1, -0.05) is 0 Å². The van der Waals surface area contributed by atoms with Crippen molar-refractivity contribution in [2.75, 3.05) is 32.9 Å². The minimum absolute atomic E-state index is 0.0184. The average Bonchev–Trinajstić information content (AvgIpc) is 2.08. The summed E-state index contributed by atoms with van der Waals surface area (Å²) in [5.41, 5.74) is 0. The highest BCUT2D eigenvalue weighted by Crippen LogP contribution is 1.76. The lowest BCUT2D eigenvalue weighted by atomic mass is 10.5. The SMILES string of the molecule is CC(=O)COCCNCCOC(C)=O. The number of carbonyl (C=O) groups is 2. The lowest BCUT2D eigenvalue weighted by molar-refractivity contribution is -0.140. The maximum absolute atomic E-state index is 10.5. The molecule has 0 rings (SSSR count). The van der Waals surface area contributed by atoms with E-state index in [4.69, 9.17) is 9.47 Å². The first-order valence-corrected chi connectivity index (χ1v) is 4.54. The molecule has 0 saturated heterocycles. The van der Waals surface area contributed by atoms with Crippen LogP contribution in [0, 0.1) is 0 Å². The number of rotatable bonds is 8. The van der Waals surface area contributed by atoms with Crippen LogP contribution < -0.4 is 5.32 Å². The van der Waals surface area contributed by atoms with Crippen molar-refractivity contribution in [3.8, 4) is 0 Å². The molecule has 0 aromatic heterocycles. The predicted octanol–water partition coefficient (Wildman–Crippen LogP) is -0.255. The van der Waals surface area contributed by atoms with Crippen LogP contribution in [0.3, 0.4) is 0 Å². The molecular formula is C9H17NO4. The largest absolute Gasteiger partial charge is 0.465 e. The summed E-state index contributed by atoms with van der Waals surface area (Å²) in [7, 11) is 0. The highest BCUT2D eigenvalue weighted by atomic mass is 16.5. The summed E-state index contributed by atoms with van der Waals surface area (Å²) in [5, 5.41) is 3.00. The number of esters is 1. The van der Waals surface area contributed by atoms with Gasteiger partial charge in [0.05, 0.1) is 6.61 Å². The molecule has 0 radical (unpaired) electrons. The Morgan fingerprint density at radius 1 is 1.14 bits per heavy atom. The van der Waals surface area contributed by atoms with Gasteiger partial charge in [0.2, 0.25) is 0 Å². The molecular weight excluding hydrogens is 186 g/mol. The highest BCUT2D eigenvalue weighted by molar-refractivity contribution is 5.76. The molecule has 0 spiro atoms. The number of hydrogen-bond acceptors (Lipinski definition) is 5. The van der Waals surface area contributed by atoms with Crippen LogP contribution in [0.2, 0.25) is 0 Å². The van der Waals surface area contributed by atoms with Crippen LogP contribution >= 0.6 is 0 Å². The summed E-state index contributed by atoms with van der Waals surface area (Å²) in [6.45, 7) is 5.11. The third-order valence-corrected chi connectivity index (χ3v) is 1.31. The summed E-state index contributed by atoms with van der Waals surface area (Å²) in [4.78, 5) is 20.8. The van der Waals surface area contributed by atoms with Gasteiger partial charge in [-0.3, -0.25) is 9.59 Å². The second-order valence-corrected chi connectivity index (χ2v) is 2.84. The van der Waals surface area contributed by atoms with Gasteiger partial charge in [-0.05, 0) is 6.92 Å². The van der Waals surface area contributed by atoms with Gasteiger partial charge in [0.15, 0.2) is 5.78 Å². The van der Waals surface area contributed by atoms with Crippen molar-refractivity contribution in [3.05, 3.63) is 0 Å². The van der Waals surface area contributed by atoms with Crippen LogP contribution in [0.15, 0.2) is 0 Å². The second kappa shape index (κ2) is 8.65. The molecule has 14 heavy (non-hydrogen) atoms. The molecule has 0 unspecified atom stereocenters. The Hall–Kier alpha value is -0.940. The molecule has 0 saturated carbocycles. The summed E-state index contributed by atoms with van der Waals surface area (Å²) in [6, 6.07) is 0. The molecule has 0 aliphatic carbocycles. The lowest BCUT2D eigenvalue weighted by Gasteiger charge is -2.04. The van der Waals surface area contributed by atoms with E-state index in [1.54, 1.807) is 0 Å². The number of nitrogens with one attached hydrogen (secondary N) is 1. The first kappa shape index (κ1) is 13.1. The van der Waals surface area contributed by atoms with E-state index in [2.05, 4.69) is 5.32 Å². The lowest BCUT2D eigenvalue weighted by Crippen LogP contribution is -2.25. The molecule has 0 aliphatic rings. The quantitative estimate of drug-likeness (QED) is 0.435. The van der Waals surface area contributed by atoms with Gasteiger partial charge in [0.25, 0.3) is 0 Å². The highest BCUT2D eigenvalue weighted by Gasteiger charge is 1.94. The van der Waals surface area contributed by atoms with E-state index < -0.39 is 0 Å². The zero-order chi connectivity index (χ0) is 10.8. The van der Waals surface area contributed by atoms with E-state index in [-0.39, 0.29) is 18.4 Å². The fourth-order valence-electron chi connectivity index (χ4n) is 0.752. The third-order valence-electron chi connectivity index (χ3n) is 1.31. The first-order valence-electron chi connectivity index (χ1n) is 4.54. The first-order chi connectivity index (χ1) is 6.63. The molecule has 0 aromatic rings. The van der Waals surface area contributed by atoms with Gasteiger partial charge in [-0.15, -0.1) is 0 Å². The van der Waals surface area contributed by atoms with Crippen molar-refractivity contribution in [1.82, 2.24) is 5.32 Å². The van der Waals surface area contributed by atoms with Crippen LogP contribution in [0.4, 0.5) is 0 Å². The molecule has 1 N–H and O–H groups in total. The fourth-order valence-corrected chi connectivity index (χ4v) is 0.752. The van der Waals surface area contributed by atoms with Crippen LogP contribution in [-0.4, -0.2) is 44.7 Å². The van der Waals surface area contributed by atoms with E-state index in [0.717, 1.165) is 0 Å². The Labute approximate surface area is 83.8 Å². The Balaban J connectivity index is 2.99. The topological polar surface area (TPSA) is 64.6 Å². The Morgan fingerprint density at radius 3 is 2.36 bits per heavy atom. The van der Waals surface area contributed by atoms with Crippen molar-refractivity contribution in [2.24, 2.45) is 0 Å².